The van der Waals surface area contributed by atoms with Crippen LogP contribution in [0.15, 0.2) is 41.3 Å². The maximum atomic E-state index is 13.0. The van der Waals surface area contributed by atoms with Crippen molar-refractivity contribution in [2.24, 2.45) is 0 Å². The Labute approximate surface area is 154 Å². The van der Waals surface area contributed by atoms with Gasteiger partial charge in [-0.25, -0.2) is 13.1 Å². The average Bonchev–Trinajstić information content (AvgIpc) is 2.60. The topological polar surface area (TPSA) is 73.9 Å². The molecule has 0 unspecified atom stereocenters. The van der Waals surface area contributed by atoms with Gasteiger partial charge in [-0.05, 0) is 56.2 Å². The van der Waals surface area contributed by atoms with E-state index < -0.39 is 15.6 Å². The Morgan fingerprint density at radius 1 is 1.04 bits per heavy atom. The van der Waals surface area contributed by atoms with E-state index in [2.05, 4.69) is 4.72 Å². The van der Waals surface area contributed by atoms with E-state index in [0.29, 0.717) is 30.5 Å². The maximum absolute atomic E-state index is 13.0. The Hall–Kier alpha value is -2.25. The van der Waals surface area contributed by atoms with Crippen LogP contribution >= 0.6 is 0 Å². The number of sulfonamides is 1. The van der Waals surface area contributed by atoms with Gasteiger partial charge in [0.2, 0.25) is 10.0 Å². The zero-order chi connectivity index (χ0) is 18.9. The van der Waals surface area contributed by atoms with Crippen LogP contribution in [0.3, 0.4) is 0 Å². The van der Waals surface area contributed by atoms with Crippen molar-refractivity contribution in [1.29, 1.82) is 0 Å². The molecule has 1 aliphatic heterocycles. The van der Waals surface area contributed by atoms with E-state index >= 15 is 0 Å². The third-order valence-electron chi connectivity index (χ3n) is 4.26. The molecule has 0 radical (unpaired) electrons. The third kappa shape index (κ3) is 3.64. The van der Waals surface area contributed by atoms with Crippen LogP contribution in [0, 0.1) is 6.92 Å². The summed E-state index contributed by atoms with van der Waals surface area (Å²) < 4.78 is 45.1. The Bertz CT molecular complexity index is 922. The molecule has 0 aromatic heterocycles. The smallest absolute Gasteiger partial charge is 0.245 e. The van der Waals surface area contributed by atoms with E-state index in [0.717, 1.165) is 11.1 Å². The number of aryl methyl sites for hydroxylation is 1. The van der Waals surface area contributed by atoms with Gasteiger partial charge >= 0.3 is 0 Å². The van der Waals surface area contributed by atoms with E-state index in [9.17, 15) is 8.42 Å². The van der Waals surface area contributed by atoms with Crippen LogP contribution in [0.1, 0.15) is 25.0 Å². The monoisotopic (exact) mass is 377 g/mol. The molecule has 0 atom stereocenters. The van der Waals surface area contributed by atoms with Crippen LogP contribution in [-0.2, 0) is 15.6 Å². The van der Waals surface area contributed by atoms with E-state index in [1.54, 1.807) is 32.0 Å². The van der Waals surface area contributed by atoms with Crippen molar-refractivity contribution in [2.45, 2.75) is 31.2 Å². The second-order valence-electron chi connectivity index (χ2n) is 6.74. The quantitative estimate of drug-likeness (QED) is 0.867. The predicted molar refractivity (Wildman–Crippen MR) is 98.5 cm³/mol. The molecule has 0 aliphatic carbocycles. The molecule has 0 bridgehead atoms. The highest BCUT2D eigenvalue weighted by Gasteiger charge is 2.31. The fourth-order valence-corrected chi connectivity index (χ4v) is 4.53. The minimum absolute atomic E-state index is 0.116. The molecule has 0 fully saturated rings. The molecule has 1 N–H and O–H groups in total. The van der Waals surface area contributed by atoms with Gasteiger partial charge in [-0.1, -0.05) is 12.1 Å². The van der Waals surface area contributed by atoms with Crippen LogP contribution in [0.4, 0.5) is 0 Å². The summed E-state index contributed by atoms with van der Waals surface area (Å²) >= 11 is 0. The number of ether oxygens (including phenoxy) is 3. The molecule has 0 saturated carbocycles. The zero-order valence-electron chi connectivity index (χ0n) is 15.3. The van der Waals surface area contributed by atoms with Crippen LogP contribution in [0.25, 0.3) is 0 Å². The number of methoxy groups -OCH3 is 1. The normalized spacial score (nSPS) is 14.2. The summed E-state index contributed by atoms with van der Waals surface area (Å²) in [6, 6.07) is 10.5. The molecule has 2 aromatic carbocycles. The van der Waals surface area contributed by atoms with Crippen LogP contribution in [-0.4, -0.2) is 28.7 Å². The van der Waals surface area contributed by atoms with Crippen molar-refractivity contribution >= 4 is 10.0 Å². The molecule has 140 valence electrons. The average molecular weight is 377 g/mol. The summed E-state index contributed by atoms with van der Waals surface area (Å²) in [4.78, 5) is 0.116. The van der Waals surface area contributed by atoms with Gasteiger partial charge in [-0.15, -0.1) is 0 Å². The largest absolute Gasteiger partial charge is 0.495 e. The SMILES string of the molecule is COc1ccc(C)cc1S(=O)(=O)NC(C)(C)c1ccc2c(c1)OCCO2. The first-order chi connectivity index (χ1) is 12.2. The second kappa shape index (κ2) is 6.81. The van der Waals surface area contributed by atoms with E-state index in [4.69, 9.17) is 14.2 Å². The van der Waals surface area contributed by atoms with Crippen molar-refractivity contribution in [2.75, 3.05) is 20.3 Å². The van der Waals surface area contributed by atoms with Crippen LogP contribution < -0.4 is 18.9 Å². The van der Waals surface area contributed by atoms with Crippen LogP contribution in [0.5, 0.6) is 17.2 Å². The lowest BCUT2D eigenvalue weighted by Gasteiger charge is -2.28. The number of rotatable bonds is 5. The van der Waals surface area contributed by atoms with Gasteiger partial charge in [-0.3, -0.25) is 0 Å². The lowest BCUT2D eigenvalue weighted by molar-refractivity contribution is 0.171. The molecule has 6 nitrogen and oxygen atoms in total. The van der Waals surface area contributed by atoms with Crippen molar-refractivity contribution in [1.82, 2.24) is 4.72 Å². The van der Waals surface area contributed by atoms with E-state index in [1.807, 2.05) is 25.1 Å². The van der Waals surface area contributed by atoms with Gasteiger partial charge in [0.05, 0.1) is 12.6 Å². The minimum Gasteiger partial charge on any atom is -0.495 e. The van der Waals surface area contributed by atoms with Gasteiger partial charge < -0.3 is 14.2 Å². The summed E-state index contributed by atoms with van der Waals surface area (Å²) in [7, 11) is -2.35. The third-order valence-corrected chi connectivity index (χ3v) is 5.94. The Morgan fingerprint density at radius 2 is 1.73 bits per heavy atom. The maximum Gasteiger partial charge on any atom is 0.245 e. The molecule has 2 aromatic rings. The number of hydrogen-bond acceptors (Lipinski definition) is 5. The van der Waals surface area contributed by atoms with Crippen LogP contribution in [0.2, 0.25) is 0 Å². The highest BCUT2D eigenvalue weighted by molar-refractivity contribution is 7.89. The minimum atomic E-state index is -3.80. The van der Waals surface area contributed by atoms with Gasteiger partial charge in [0, 0.05) is 0 Å². The number of hydrogen-bond donors (Lipinski definition) is 1. The lowest BCUT2D eigenvalue weighted by Crippen LogP contribution is -2.41. The number of benzene rings is 2. The van der Waals surface area contributed by atoms with Gasteiger partial charge in [0.1, 0.15) is 23.9 Å². The molecule has 7 heteroatoms. The first-order valence-electron chi connectivity index (χ1n) is 8.32. The molecular formula is C19H23NO5S. The first-order valence-corrected chi connectivity index (χ1v) is 9.80. The molecular weight excluding hydrogens is 354 g/mol. The fourth-order valence-electron chi connectivity index (χ4n) is 2.88. The Balaban J connectivity index is 1.95. The molecule has 0 amide bonds. The highest BCUT2D eigenvalue weighted by atomic mass is 32.2. The summed E-state index contributed by atoms with van der Waals surface area (Å²) in [6.07, 6.45) is 0. The summed E-state index contributed by atoms with van der Waals surface area (Å²) in [6.45, 7) is 6.43. The number of fused-ring (bicyclic) bond motifs is 1. The molecule has 0 spiro atoms. The molecule has 1 aliphatic rings. The number of nitrogens with one attached hydrogen (secondary N) is 1. The van der Waals surface area contributed by atoms with Gasteiger partial charge in [0.25, 0.3) is 0 Å². The van der Waals surface area contributed by atoms with Gasteiger partial charge in [-0.2, -0.15) is 0 Å². The summed E-state index contributed by atoms with van der Waals surface area (Å²) in [5.74, 6) is 1.59. The molecule has 0 saturated heterocycles. The summed E-state index contributed by atoms with van der Waals surface area (Å²) in [5.41, 5.74) is 0.754. The lowest BCUT2D eigenvalue weighted by atomic mass is 9.95. The van der Waals surface area contributed by atoms with E-state index in [-0.39, 0.29) is 4.90 Å². The predicted octanol–water partition coefficient (Wildman–Crippen LogP) is 2.99. The van der Waals surface area contributed by atoms with Crippen molar-refractivity contribution < 1.29 is 22.6 Å². The zero-order valence-corrected chi connectivity index (χ0v) is 16.1. The highest BCUT2D eigenvalue weighted by Crippen LogP contribution is 2.35. The van der Waals surface area contributed by atoms with Gasteiger partial charge in [0.15, 0.2) is 11.5 Å². The Kier molecular flexibility index (Phi) is 4.86. The fraction of sp³-hybridized carbons (Fsp3) is 0.368. The Morgan fingerprint density at radius 3 is 2.42 bits per heavy atom. The molecule has 26 heavy (non-hydrogen) atoms. The molecule has 3 rings (SSSR count). The van der Waals surface area contributed by atoms with Crippen molar-refractivity contribution in [3.63, 3.8) is 0 Å². The molecule has 1 heterocycles. The van der Waals surface area contributed by atoms with Crippen molar-refractivity contribution in [3.8, 4) is 17.2 Å². The first kappa shape index (κ1) is 18.5. The van der Waals surface area contributed by atoms with Crippen molar-refractivity contribution in [3.05, 3.63) is 47.5 Å². The van der Waals surface area contributed by atoms with E-state index in [1.165, 1.54) is 7.11 Å². The standard InChI is InChI=1S/C19H23NO5S/c1-13-5-7-16(23-4)18(11-13)26(21,22)20-19(2,3)14-6-8-15-17(12-14)25-10-9-24-15/h5-8,11-12,20H,9-10H2,1-4H3. The second-order valence-corrected chi connectivity index (χ2v) is 8.39. The summed E-state index contributed by atoms with van der Waals surface area (Å²) in [5, 5.41) is 0.